The standard InChI is InChI=1S/C13H18N2O2/c1-10(15)12-6-5-11(16-2)9-13(12)17-8-4-3-7-14/h5-6,9-10H,3-4,8,15H2,1-2H3/t10-/m1/s1. The van der Waals surface area contributed by atoms with Crippen LogP contribution in [0.3, 0.4) is 0 Å². The van der Waals surface area contributed by atoms with Gasteiger partial charge in [-0.25, -0.2) is 0 Å². The number of hydrogen-bond acceptors (Lipinski definition) is 4. The average molecular weight is 234 g/mol. The second kappa shape index (κ2) is 6.77. The molecule has 0 heterocycles. The van der Waals surface area contributed by atoms with Gasteiger partial charge in [0.05, 0.1) is 19.8 Å². The zero-order valence-corrected chi connectivity index (χ0v) is 10.3. The van der Waals surface area contributed by atoms with E-state index in [0.717, 1.165) is 17.1 Å². The lowest BCUT2D eigenvalue weighted by atomic mass is 10.1. The molecule has 17 heavy (non-hydrogen) atoms. The molecule has 4 heteroatoms. The molecule has 92 valence electrons. The summed E-state index contributed by atoms with van der Waals surface area (Å²) in [5, 5.41) is 8.44. The molecular weight excluding hydrogens is 216 g/mol. The molecule has 1 aromatic rings. The molecule has 0 aliphatic heterocycles. The van der Waals surface area contributed by atoms with Crippen LogP contribution < -0.4 is 15.2 Å². The largest absolute Gasteiger partial charge is 0.497 e. The highest BCUT2D eigenvalue weighted by molar-refractivity contribution is 5.42. The third-order valence-electron chi connectivity index (χ3n) is 2.40. The molecule has 0 spiro atoms. The summed E-state index contributed by atoms with van der Waals surface area (Å²) in [6.07, 6.45) is 1.21. The van der Waals surface area contributed by atoms with Crippen molar-refractivity contribution >= 4 is 0 Å². The first kappa shape index (κ1) is 13.3. The van der Waals surface area contributed by atoms with Crippen LogP contribution in [0.1, 0.15) is 31.4 Å². The van der Waals surface area contributed by atoms with Crippen molar-refractivity contribution in [3.05, 3.63) is 23.8 Å². The summed E-state index contributed by atoms with van der Waals surface area (Å²) in [6.45, 7) is 2.42. The molecule has 0 saturated carbocycles. The summed E-state index contributed by atoms with van der Waals surface area (Å²) in [7, 11) is 1.61. The van der Waals surface area contributed by atoms with Crippen molar-refractivity contribution in [3.63, 3.8) is 0 Å². The minimum absolute atomic E-state index is 0.0909. The number of nitrogens with zero attached hydrogens (tertiary/aromatic N) is 1. The highest BCUT2D eigenvalue weighted by atomic mass is 16.5. The van der Waals surface area contributed by atoms with E-state index in [1.165, 1.54) is 0 Å². The van der Waals surface area contributed by atoms with Crippen LogP contribution in [0.2, 0.25) is 0 Å². The number of hydrogen-bond donors (Lipinski definition) is 1. The lowest BCUT2D eigenvalue weighted by molar-refractivity contribution is 0.305. The Labute approximate surface area is 102 Å². The number of ether oxygens (including phenoxy) is 2. The molecule has 4 nitrogen and oxygen atoms in total. The zero-order valence-electron chi connectivity index (χ0n) is 10.3. The van der Waals surface area contributed by atoms with Crippen molar-refractivity contribution < 1.29 is 9.47 Å². The SMILES string of the molecule is COc1ccc([C@@H](C)N)c(OCCCC#N)c1. The molecule has 1 aromatic carbocycles. The van der Waals surface area contributed by atoms with E-state index in [2.05, 4.69) is 6.07 Å². The molecule has 2 N–H and O–H groups in total. The van der Waals surface area contributed by atoms with Crippen LogP contribution in [-0.2, 0) is 0 Å². The molecular formula is C13H18N2O2. The van der Waals surface area contributed by atoms with Crippen molar-refractivity contribution in [3.8, 4) is 17.6 Å². The van der Waals surface area contributed by atoms with Gasteiger partial charge in [0, 0.05) is 24.1 Å². The Morgan fingerprint density at radius 3 is 2.82 bits per heavy atom. The predicted molar refractivity (Wildman–Crippen MR) is 65.9 cm³/mol. The van der Waals surface area contributed by atoms with Crippen LogP contribution in [0, 0.1) is 11.3 Å². The first-order valence-corrected chi connectivity index (χ1v) is 5.62. The van der Waals surface area contributed by atoms with Gasteiger partial charge >= 0.3 is 0 Å². The number of nitrogens with two attached hydrogens (primary N) is 1. The molecule has 0 unspecified atom stereocenters. The van der Waals surface area contributed by atoms with Gasteiger partial charge in [-0.15, -0.1) is 0 Å². The molecule has 0 bridgehead atoms. The van der Waals surface area contributed by atoms with Gasteiger partial charge in [-0.1, -0.05) is 6.07 Å². The van der Waals surface area contributed by atoms with Crippen LogP contribution in [0.25, 0.3) is 0 Å². The Kier molecular flexibility index (Phi) is 5.31. The second-order valence-electron chi connectivity index (χ2n) is 3.80. The zero-order chi connectivity index (χ0) is 12.7. The van der Waals surface area contributed by atoms with Crippen LogP contribution in [0.5, 0.6) is 11.5 Å². The monoisotopic (exact) mass is 234 g/mol. The number of benzene rings is 1. The van der Waals surface area contributed by atoms with Gasteiger partial charge < -0.3 is 15.2 Å². The molecule has 0 fully saturated rings. The Morgan fingerprint density at radius 2 is 2.24 bits per heavy atom. The first-order chi connectivity index (χ1) is 8.19. The van der Waals surface area contributed by atoms with Crippen LogP contribution >= 0.6 is 0 Å². The summed E-state index contributed by atoms with van der Waals surface area (Å²) >= 11 is 0. The van der Waals surface area contributed by atoms with Gasteiger partial charge in [0.15, 0.2) is 0 Å². The second-order valence-corrected chi connectivity index (χ2v) is 3.80. The van der Waals surface area contributed by atoms with Crippen molar-refractivity contribution in [2.75, 3.05) is 13.7 Å². The molecule has 0 amide bonds. The Hall–Kier alpha value is -1.73. The lowest BCUT2D eigenvalue weighted by Crippen LogP contribution is -2.08. The Balaban J connectivity index is 2.75. The number of unbranched alkanes of at least 4 members (excludes halogenated alkanes) is 1. The van der Waals surface area contributed by atoms with Crippen molar-refractivity contribution in [1.82, 2.24) is 0 Å². The molecule has 1 rings (SSSR count). The molecule has 0 aliphatic carbocycles. The van der Waals surface area contributed by atoms with Gasteiger partial charge in [0.2, 0.25) is 0 Å². The van der Waals surface area contributed by atoms with Gasteiger partial charge in [-0.3, -0.25) is 0 Å². The maximum Gasteiger partial charge on any atom is 0.127 e. The van der Waals surface area contributed by atoms with E-state index in [-0.39, 0.29) is 6.04 Å². The van der Waals surface area contributed by atoms with E-state index in [9.17, 15) is 0 Å². The third kappa shape index (κ3) is 3.97. The van der Waals surface area contributed by atoms with E-state index in [4.69, 9.17) is 20.5 Å². The molecule has 0 saturated heterocycles. The first-order valence-electron chi connectivity index (χ1n) is 5.62. The summed E-state index contributed by atoms with van der Waals surface area (Å²) in [6, 6.07) is 7.59. The van der Waals surface area contributed by atoms with E-state index in [1.807, 2.05) is 25.1 Å². The normalized spacial score (nSPS) is 11.6. The minimum Gasteiger partial charge on any atom is -0.497 e. The highest BCUT2D eigenvalue weighted by Gasteiger charge is 2.09. The molecule has 1 atom stereocenters. The smallest absolute Gasteiger partial charge is 0.127 e. The van der Waals surface area contributed by atoms with Gasteiger partial charge in [0.1, 0.15) is 11.5 Å². The molecule has 0 aliphatic rings. The number of nitriles is 1. The molecule has 0 radical (unpaired) electrons. The van der Waals surface area contributed by atoms with Gasteiger partial charge in [-0.2, -0.15) is 5.26 Å². The minimum atomic E-state index is -0.0909. The van der Waals surface area contributed by atoms with Crippen molar-refractivity contribution in [1.29, 1.82) is 5.26 Å². The topological polar surface area (TPSA) is 68.3 Å². The summed E-state index contributed by atoms with van der Waals surface area (Å²) in [5.74, 6) is 1.47. The number of methoxy groups -OCH3 is 1. The van der Waals surface area contributed by atoms with Gasteiger partial charge in [-0.05, 0) is 19.4 Å². The quantitative estimate of drug-likeness (QED) is 0.767. The van der Waals surface area contributed by atoms with Gasteiger partial charge in [0.25, 0.3) is 0 Å². The maximum atomic E-state index is 8.44. The van der Waals surface area contributed by atoms with E-state index in [1.54, 1.807) is 7.11 Å². The van der Waals surface area contributed by atoms with Crippen molar-refractivity contribution in [2.24, 2.45) is 5.73 Å². The average Bonchev–Trinajstić information content (AvgIpc) is 2.34. The summed E-state index contributed by atoms with van der Waals surface area (Å²) < 4.78 is 10.8. The molecule has 0 aromatic heterocycles. The van der Waals surface area contributed by atoms with Crippen LogP contribution in [0.15, 0.2) is 18.2 Å². The number of rotatable bonds is 6. The highest BCUT2D eigenvalue weighted by Crippen LogP contribution is 2.28. The predicted octanol–water partition coefficient (Wildman–Crippen LogP) is 2.40. The lowest BCUT2D eigenvalue weighted by Gasteiger charge is -2.14. The fourth-order valence-electron chi connectivity index (χ4n) is 1.48. The Morgan fingerprint density at radius 1 is 1.47 bits per heavy atom. The third-order valence-corrected chi connectivity index (χ3v) is 2.40. The fourth-order valence-corrected chi connectivity index (χ4v) is 1.48. The van der Waals surface area contributed by atoms with E-state index in [0.29, 0.717) is 19.4 Å². The van der Waals surface area contributed by atoms with Crippen LogP contribution in [-0.4, -0.2) is 13.7 Å². The maximum absolute atomic E-state index is 8.44. The van der Waals surface area contributed by atoms with E-state index >= 15 is 0 Å². The fraction of sp³-hybridized carbons (Fsp3) is 0.462. The van der Waals surface area contributed by atoms with E-state index < -0.39 is 0 Å². The summed E-state index contributed by atoms with van der Waals surface area (Å²) in [4.78, 5) is 0. The Bertz CT molecular complexity index is 397. The van der Waals surface area contributed by atoms with Crippen molar-refractivity contribution in [2.45, 2.75) is 25.8 Å². The summed E-state index contributed by atoms with van der Waals surface area (Å²) in [5.41, 5.74) is 6.81. The van der Waals surface area contributed by atoms with Crippen LogP contribution in [0.4, 0.5) is 0 Å².